The van der Waals surface area contributed by atoms with Crippen LogP contribution < -0.4 is 5.73 Å². The minimum absolute atomic E-state index is 0.00250. The first-order valence-corrected chi connectivity index (χ1v) is 16.7. The molecule has 5 unspecified atom stereocenters. The zero-order valence-electron chi connectivity index (χ0n) is 29.7. The summed E-state index contributed by atoms with van der Waals surface area (Å²) in [6.45, 7) is 17.8. The minimum Gasteiger partial charge on any atom is -0.459 e. The number of carbonyl (C=O) groups is 3. The molecule has 47 heavy (non-hydrogen) atoms. The number of ether oxygens (including phenoxy) is 5. The molecule has 0 aromatic carbocycles. The number of Topliss-reactive ketones (excluding diaryl/α,β-unsaturated/α-hetero) is 1. The van der Waals surface area contributed by atoms with Crippen LogP contribution >= 0.6 is 0 Å². The van der Waals surface area contributed by atoms with Crippen LogP contribution in [0.25, 0.3) is 0 Å². The van der Waals surface area contributed by atoms with Gasteiger partial charge in [0.15, 0.2) is 12.1 Å². The van der Waals surface area contributed by atoms with Crippen molar-refractivity contribution in [3.63, 3.8) is 0 Å². The average molecular weight is 668 g/mol. The molecule has 3 aliphatic heterocycles. The molecule has 13 atom stereocenters. The van der Waals surface area contributed by atoms with E-state index in [9.17, 15) is 24.6 Å². The smallest absolute Gasteiger partial charge is 0.338 e. The van der Waals surface area contributed by atoms with Crippen molar-refractivity contribution in [1.82, 2.24) is 4.90 Å². The first kappa shape index (κ1) is 39.2. The van der Waals surface area contributed by atoms with Crippen LogP contribution in [-0.2, 0) is 33.3 Å². The second-order valence-corrected chi connectivity index (χ2v) is 14.5. The van der Waals surface area contributed by atoms with Gasteiger partial charge >= 0.3 is 12.0 Å². The van der Waals surface area contributed by atoms with Crippen LogP contribution in [0.3, 0.4) is 0 Å². The average Bonchev–Trinajstić information content (AvgIpc) is 3.00. The van der Waals surface area contributed by atoms with Gasteiger partial charge in [0.1, 0.15) is 23.7 Å². The number of urea groups is 1. The molecule has 4 N–H and O–H groups in total. The van der Waals surface area contributed by atoms with Gasteiger partial charge in [-0.2, -0.15) is 0 Å². The van der Waals surface area contributed by atoms with Crippen LogP contribution in [0.4, 0.5) is 4.79 Å². The number of fused-ring (bicyclic) bond motifs is 5. The van der Waals surface area contributed by atoms with E-state index in [2.05, 4.69) is 11.6 Å². The SMILES string of the molecule is C=C1COC2C(C)/C(=N/C(N)=O)C(C)C[C@@](C)(OC1)C(O[C@@H]1O[C@H](C)C[C@H](N(C)C)C1O)[C@@H](C)C(=O)[C@@H](C)C(=O)O[C@H](CC)[C@@]2(C)O. The standard InChI is InChI=1S/C34H57N3O10/c1-12-24-34(9,42)29-20(5)25(36-32(35)41)18(3)14-33(8,44-16-17(2)15-43-29)28(21(6)26(38)22(7)30(40)46-24)47-31-27(39)23(37(10)11)13-19(4)45-31/h18-24,27-29,31,39,42H,2,12-16H2,1,3-11H3,(H2,35,41)/b36-25+/t18?,19-,20?,21+,22-,23+,24-,27?,28?,29?,31+,33-,34-/m1/s1. The van der Waals surface area contributed by atoms with Crippen LogP contribution in [0.1, 0.15) is 74.7 Å². The Hall–Kier alpha value is -2.26. The summed E-state index contributed by atoms with van der Waals surface area (Å²) in [7, 11) is 3.73. The van der Waals surface area contributed by atoms with Crippen molar-refractivity contribution >= 4 is 23.5 Å². The lowest BCUT2D eigenvalue weighted by Gasteiger charge is -2.47. The van der Waals surface area contributed by atoms with E-state index in [1.54, 1.807) is 27.7 Å². The predicted molar refractivity (Wildman–Crippen MR) is 175 cm³/mol. The Morgan fingerprint density at radius 3 is 2.34 bits per heavy atom. The van der Waals surface area contributed by atoms with Crippen molar-refractivity contribution in [1.29, 1.82) is 0 Å². The molecule has 0 saturated carbocycles. The summed E-state index contributed by atoms with van der Waals surface area (Å²) in [5.74, 6) is -4.69. The summed E-state index contributed by atoms with van der Waals surface area (Å²) in [6, 6.07) is -1.21. The van der Waals surface area contributed by atoms with E-state index in [0.29, 0.717) is 17.7 Å². The summed E-state index contributed by atoms with van der Waals surface area (Å²) in [5.41, 5.74) is 3.41. The molecule has 3 heterocycles. The van der Waals surface area contributed by atoms with E-state index in [1.165, 1.54) is 13.8 Å². The molecule has 0 aromatic rings. The molecule has 3 aliphatic rings. The third-order valence-corrected chi connectivity index (χ3v) is 10.1. The van der Waals surface area contributed by atoms with Crippen LogP contribution in [0, 0.1) is 23.7 Å². The number of aliphatic hydroxyl groups excluding tert-OH is 1. The number of likely N-dealkylation sites (N-methyl/N-ethyl adjacent to an activating group) is 1. The summed E-state index contributed by atoms with van der Waals surface area (Å²) >= 11 is 0. The molecule has 13 nitrogen and oxygen atoms in total. The van der Waals surface area contributed by atoms with Gasteiger partial charge < -0.3 is 44.5 Å². The van der Waals surface area contributed by atoms with Gasteiger partial charge in [-0.05, 0) is 72.5 Å². The number of carbonyl (C=O) groups excluding carboxylic acids is 3. The molecule has 13 heteroatoms. The Balaban J connectivity index is 2.29. The van der Waals surface area contributed by atoms with E-state index in [0.717, 1.165) is 0 Å². The Labute approximate surface area is 279 Å². The zero-order chi connectivity index (χ0) is 35.6. The number of ketones is 1. The molecule has 2 amide bonds. The number of hydrogen-bond donors (Lipinski definition) is 3. The number of esters is 1. The summed E-state index contributed by atoms with van der Waals surface area (Å²) < 4.78 is 31.6. The van der Waals surface area contributed by atoms with Crippen molar-refractivity contribution in [3.8, 4) is 0 Å². The molecule has 0 spiro atoms. The molecular formula is C34H57N3O10. The van der Waals surface area contributed by atoms with Gasteiger partial charge in [-0.3, -0.25) is 9.59 Å². The van der Waals surface area contributed by atoms with E-state index in [4.69, 9.17) is 29.4 Å². The van der Waals surface area contributed by atoms with E-state index in [1.807, 2.05) is 32.8 Å². The van der Waals surface area contributed by atoms with E-state index in [-0.39, 0.29) is 38.2 Å². The van der Waals surface area contributed by atoms with Crippen molar-refractivity contribution in [3.05, 3.63) is 12.2 Å². The Kier molecular flexibility index (Phi) is 12.9. The number of primary amides is 1. The van der Waals surface area contributed by atoms with Gasteiger partial charge in [0.05, 0.1) is 37.1 Å². The number of aliphatic imine (C=N–C) groups is 1. The quantitative estimate of drug-likeness (QED) is 0.228. The maximum atomic E-state index is 14.2. The molecule has 3 rings (SSSR count). The van der Waals surface area contributed by atoms with Crippen molar-refractivity contribution < 1.29 is 48.3 Å². The third-order valence-electron chi connectivity index (χ3n) is 10.1. The fourth-order valence-electron chi connectivity index (χ4n) is 7.54. The van der Waals surface area contributed by atoms with Crippen molar-refractivity contribution in [2.24, 2.45) is 34.4 Å². The van der Waals surface area contributed by atoms with Gasteiger partial charge in [-0.1, -0.05) is 34.3 Å². The molecule has 3 saturated heterocycles. The maximum absolute atomic E-state index is 14.2. The number of nitrogens with zero attached hydrogens (tertiary/aromatic N) is 2. The third kappa shape index (κ3) is 8.67. The Morgan fingerprint density at radius 1 is 1.13 bits per heavy atom. The van der Waals surface area contributed by atoms with Crippen LogP contribution in [-0.4, -0.2) is 120 Å². The first-order valence-electron chi connectivity index (χ1n) is 16.7. The molecular weight excluding hydrogens is 610 g/mol. The molecule has 268 valence electrons. The lowest BCUT2D eigenvalue weighted by Crippen LogP contribution is -2.60. The van der Waals surface area contributed by atoms with E-state index < -0.39 is 83.4 Å². The Morgan fingerprint density at radius 2 is 1.77 bits per heavy atom. The van der Waals surface area contributed by atoms with Crippen LogP contribution in [0.5, 0.6) is 0 Å². The highest BCUT2D eigenvalue weighted by molar-refractivity contribution is 6.00. The first-order chi connectivity index (χ1) is 21.7. The topological polar surface area (TPSA) is 179 Å². The van der Waals surface area contributed by atoms with Crippen molar-refractivity contribution in [2.75, 3.05) is 27.3 Å². The normalized spacial score (nSPS) is 44.0. The molecule has 2 bridgehead atoms. The largest absolute Gasteiger partial charge is 0.459 e. The maximum Gasteiger partial charge on any atom is 0.338 e. The van der Waals surface area contributed by atoms with E-state index >= 15 is 0 Å². The van der Waals surface area contributed by atoms with Gasteiger partial charge in [0.2, 0.25) is 0 Å². The number of nitrogens with two attached hydrogens (primary N) is 1. The lowest BCUT2D eigenvalue weighted by atomic mass is 9.73. The zero-order valence-corrected chi connectivity index (χ0v) is 29.7. The Bertz CT molecular complexity index is 1190. The number of hydrogen-bond acceptors (Lipinski definition) is 11. The highest BCUT2D eigenvalue weighted by Crippen LogP contribution is 2.40. The second kappa shape index (κ2) is 15.5. The lowest BCUT2D eigenvalue weighted by molar-refractivity contribution is -0.296. The number of rotatable bonds is 4. The molecule has 3 fully saturated rings. The molecule has 0 aromatic heterocycles. The van der Waals surface area contributed by atoms with Crippen LogP contribution in [0.15, 0.2) is 17.1 Å². The monoisotopic (exact) mass is 667 g/mol. The second-order valence-electron chi connectivity index (χ2n) is 14.5. The highest BCUT2D eigenvalue weighted by Gasteiger charge is 2.52. The van der Waals surface area contributed by atoms with Gasteiger partial charge in [-0.15, -0.1) is 0 Å². The van der Waals surface area contributed by atoms with Crippen LogP contribution in [0.2, 0.25) is 0 Å². The van der Waals surface area contributed by atoms with Crippen molar-refractivity contribution in [2.45, 2.75) is 129 Å². The number of aliphatic hydroxyl groups is 2. The van der Waals surface area contributed by atoms with Gasteiger partial charge in [-0.25, -0.2) is 9.79 Å². The number of cyclic esters (lactones) is 1. The predicted octanol–water partition coefficient (Wildman–Crippen LogP) is 2.64. The summed E-state index contributed by atoms with van der Waals surface area (Å²) in [4.78, 5) is 46.2. The fourth-order valence-corrected chi connectivity index (χ4v) is 7.54. The molecule has 0 aliphatic carbocycles. The molecule has 0 radical (unpaired) electrons. The highest BCUT2D eigenvalue weighted by atomic mass is 16.7. The number of amides is 2. The summed E-state index contributed by atoms with van der Waals surface area (Å²) in [6.07, 6.45) is -4.70. The van der Waals surface area contributed by atoms with Gasteiger partial charge in [0.25, 0.3) is 0 Å². The minimum atomic E-state index is -1.78. The van der Waals surface area contributed by atoms with Gasteiger partial charge in [0, 0.05) is 23.6 Å². The summed E-state index contributed by atoms with van der Waals surface area (Å²) in [5, 5.41) is 23.5. The fraction of sp³-hybridized carbons (Fsp3) is 0.824.